The Kier molecular flexibility index (Phi) is 93.1. The lowest BCUT2D eigenvalue weighted by Crippen LogP contribution is -2.66. The number of carbonyl (C=O) groups is 5. The quantitative estimate of drug-likeness (QED) is 0.0223. The lowest BCUT2D eigenvalue weighted by molar-refractivity contribution is -0.377. The highest BCUT2D eigenvalue weighted by atomic mass is 16.8. The van der Waals surface area contributed by atoms with Gasteiger partial charge in [0.2, 0.25) is 12.6 Å². The van der Waals surface area contributed by atoms with Crippen molar-refractivity contribution < 1.29 is 77.2 Å². The molecule has 16 nitrogen and oxygen atoms in total. The van der Waals surface area contributed by atoms with E-state index in [1.807, 2.05) is 24.3 Å². The van der Waals surface area contributed by atoms with Crippen molar-refractivity contribution in [1.82, 2.24) is 0 Å². The van der Waals surface area contributed by atoms with Crippen molar-refractivity contribution in [3.05, 3.63) is 46.6 Å². The van der Waals surface area contributed by atoms with Crippen molar-refractivity contribution >= 4 is 29.8 Å². The van der Waals surface area contributed by atoms with Gasteiger partial charge >= 0.3 is 29.8 Å². The highest BCUT2D eigenvalue weighted by molar-refractivity contribution is 5.89. The van der Waals surface area contributed by atoms with Gasteiger partial charge in [0, 0.05) is 28.7 Å². The van der Waals surface area contributed by atoms with E-state index < -0.39 is 104 Å². The van der Waals surface area contributed by atoms with E-state index in [1.165, 1.54) is 424 Å². The molecule has 880 valence electrons. The second-order valence-electron chi connectivity index (χ2n) is 48.9. The monoisotopic (exact) mass is 2110 g/mol. The molecule has 0 spiro atoms. The summed E-state index contributed by atoms with van der Waals surface area (Å²) in [6, 6.07) is 0. The third-order valence-electron chi connectivity index (χ3n) is 32.8. The standard InChI is InChI=1S/C134H248O16/c1-18-23-28-33-38-43-48-53-57-59-60-62-67-71-76-81-84-89-94-109(7)99-113(11)103-117(15)130(140)147-125-120(106-135)144-133(127(124(125)138)149-132(142)119(17)105-115(13)101-111(9)96-91-86-80-74-69-65-56-51-46-41-36-31-26-21-4)150-134-128(146-122(136)97-92-87-82-77-72-63-52-47-42-37-32-27-22-5)126(148-131(141)118(16)104-114(12)100-110(8)95-90-85-79-73-68-64-55-50-45-40-35-30-25-20-3)123(137)121(145-134)107-143-129(139)116(14)102-112(10)98-108(6)93-88-83-78-75-70-66-61-58-54-49-44-39-34-29-24-19-2/h102-105,108-115,120-121,123-128,133-135,137-138H,18-101,106-107H2,1-17H3/b116-102+,117-103+,118-104+,119-105+/t108-,109-,110-,111-,112-,113-,114-,115-,120?,121?,123+,124?,125+,126?,127-,128+,133+,134+/m0/s1. The molecule has 18 atom stereocenters. The van der Waals surface area contributed by atoms with Crippen LogP contribution in [0, 0.1) is 47.3 Å². The molecule has 0 aromatic rings. The Balaban J connectivity index is 2.68. The predicted molar refractivity (Wildman–Crippen MR) is 633 cm³/mol. The minimum atomic E-state index is -1.92. The first-order valence-corrected chi connectivity index (χ1v) is 65.4. The summed E-state index contributed by atoms with van der Waals surface area (Å²) in [5.74, 6) is -2.17. The fourth-order valence-electron chi connectivity index (χ4n) is 23.4. The summed E-state index contributed by atoms with van der Waals surface area (Å²) in [5.41, 5.74) is 1.18. The van der Waals surface area contributed by atoms with Crippen molar-refractivity contribution in [2.75, 3.05) is 13.2 Å². The lowest BCUT2D eigenvalue weighted by Gasteiger charge is -2.47. The highest BCUT2D eigenvalue weighted by Crippen LogP contribution is 2.38. The van der Waals surface area contributed by atoms with Crippen LogP contribution in [-0.2, 0) is 61.9 Å². The van der Waals surface area contributed by atoms with Crippen LogP contribution >= 0.6 is 0 Å². The van der Waals surface area contributed by atoms with E-state index in [9.17, 15) is 29.7 Å². The molecule has 0 bridgehead atoms. The van der Waals surface area contributed by atoms with Crippen LogP contribution in [0.3, 0.4) is 0 Å². The van der Waals surface area contributed by atoms with Crippen molar-refractivity contribution in [2.45, 2.75) is 718 Å². The maximum Gasteiger partial charge on any atom is 0.333 e. The summed E-state index contributed by atoms with van der Waals surface area (Å²) >= 11 is 0. The maximum absolute atomic E-state index is 15.1. The average molecular weight is 2120 g/mol. The summed E-state index contributed by atoms with van der Waals surface area (Å²) < 4.78 is 52.3. The smallest absolute Gasteiger partial charge is 0.333 e. The van der Waals surface area contributed by atoms with E-state index >= 15 is 9.59 Å². The van der Waals surface area contributed by atoms with Gasteiger partial charge in [-0.1, -0.05) is 615 Å². The van der Waals surface area contributed by atoms with E-state index in [4.69, 9.17) is 37.9 Å². The molecule has 16 heteroatoms. The molecule has 150 heavy (non-hydrogen) atoms. The average Bonchev–Trinajstić information content (AvgIpc) is 0.767. The minimum absolute atomic E-state index is 0.00204. The van der Waals surface area contributed by atoms with E-state index in [-0.39, 0.29) is 41.2 Å². The Bertz CT molecular complexity index is 3270. The Morgan fingerprint density at radius 2 is 0.453 bits per heavy atom. The van der Waals surface area contributed by atoms with Gasteiger partial charge < -0.3 is 53.2 Å². The fraction of sp³-hybridized carbons (Fsp3) is 0.903. The third-order valence-corrected chi connectivity index (χ3v) is 32.8. The van der Waals surface area contributed by atoms with Crippen LogP contribution in [0.5, 0.6) is 0 Å². The SMILES string of the molecule is CCCCCCCCCCCCCCCCCCCC[C@H](C)C[C@H](C)/C=C(\C)C(=O)O[C@@H]1C(CO)O[C@H](O[C@H]2OC(COC(=O)/C(C)=C/[C@@H](C)C[C@@H](C)CCCCCCCCCCCCCCCCCC)[C@@H](O)C(OC(=O)/C(C)=C/[C@@H](C)C[C@@H](C)CCCCCCCCCCCCCCCC)[C@H]2OC(=O)CCCCCCCCCCCCCCC)[C@@H](OC(=O)/C(C)=C/[C@@H](C)C[C@@H](C)CCCCCCCCCCCCCCCC)C1O. The van der Waals surface area contributed by atoms with Crippen molar-refractivity contribution in [3.63, 3.8) is 0 Å². The van der Waals surface area contributed by atoms with Gasteiger partial charge in [-0.3, -0.25) is 4.79 Å². The van der Waals surface area contributed by atoms with Gasteiger partial charge in [0.15, 0.2) is 24.4 Å². The van der Waals surface area contributed by atoms with Gasteiger partial charge in [-0.25, -0.2) is 19.2 Å². The molecule has 4 unspecified atom stereocenters. The number of allylic oxidation sites excluding steroid dienone is 4. The van der Waals surface area contributed by atoms with Gasteiger partial charge in [0.25, 0.3) is 0 Å². The van der Waals surface area contributed by atoms with Crippen LogP contribution in [-0.4, -0.2) is 120 Å². The summed E-state index contributed by atoms with van der Waals surface area (Å²) in [4.78, 5) is 74.2. The molecular weight excluding hydrogens is 1870 g/mol. The number of rotatable bonds is 105. The van der Waals surface area contributed by atoms with Crippen LogP contribution in [0.4, 0.5) is 0 Å². The summed E-state index contributed by atoms with van der Waals surface area (Å²) in [7, 11) is 0. The number of hydrogen-bond donors (Lipinski definition) is 3. The summed E-state index contributed by atoms with van der Waals surface area (Å²) in [6.07, 6.45) is 93.8. The van der Waals surface area contributed by atoms with Crippen molar-refractivity contribution in [1.29, 1.82) is 0 Å². The van der Waals surface area contributed by atoms with E-state index in [2.05, 4.69) is 90.0 Å². The van der Waals surface area contributed by atoms with Gasteiger partial charge in [0.05, 0.1) is 6.61 Å². The van der Waals surface area contributed by atoms with Crippen LogP contribution in [0.2, 0.25) is 0 Å². The molecule has 2 rings (SSSR count). The Morgan fingerprint density at radius 1 is 0.247 bits per heavy atom. The largest absolute Gasteiger partial charge is 0.459 e. The zero-order chi connectivity index (χ0) is 110. The first-order chi connectivity index (χ1) is 72.7. The van der Waals surface area contributed by atoms with Crippen LogP contribution < -0.4 is 0 Å². The Morgan fingerprint density at radius 3 is 0.700 bits per heavy atom. The molecule has 0 amide bonds. The molecule has 2 fully saturated rings. The maximum atomic E-state index is 15.1. The topological polar surface area (TPSA) is 220 Å². The van der Waals surface area contributed by atoms with E-state index in [0.29, 0.717) is 41.2 Å². The number of aliphatic hydroxyl groups excluding tert-OH is 3. The molecule has 0 radical (unpaired) electrons. The molecular formula is C134H248O16. The molecule has 0 aliphatic carbocycles. The molecule has 2 heterocycles. The third kappa shape index (κ3) is 76.7. The van der Waals surface area contributed by atoms with Crippen LogP contribution in [0.15, 0.2) is 46.6 Å². The Hall–Kier alpha value is -3.93. The number of aliphatic hydroxyl groups is 3. The first kappa shape index (κ1) is 142. The number of carbonyl (C=O) groups excluding carboxylic acids is 5. The molecule has 0 aromatic carbocycles. The molecule has 0 saturated carbocycles. The minimum Gasteiger partial charge on any atom is -0.459 e. The summed E-state index contributed by atoms with van der Waals surface area (Å²) in [5, 5.41) is 37.6. The zero-order valence-corrected chi connectivity index (χ0v) is 102. The van der Waals surface area contributed by atoms with Gasteiger partial charge in [-0.2, -0.15) is 0 Å². The normalized spacial score (nSPS) is 20.1. The zero-order valence-electron chi connectivity index (χ0n) is 102. The highest BCUT2D eigenvalue weighted by Gasteiger charge is 2.56. The number of ether oxygens (including phenoxy) is 8. The van der Waals surface area contributed by atoms with Crippen molar-refractivity contribution in [3.8, 4) is 0 Å². The molecule has 2 aliphatic rings. The van der Waals surface area contributed by atoms with E-state index in [0.717, 1.165) is 103 Å². The molecule has 2 saturated heterocycles. The van der Waals surface area contributed by atoms with E-state index in [1.54, 1.807) is 27.7 Å². The van der Waals surface area contributed by atoms with Crippen LogP contribution in [0.25, 0.3) is 0 Å². The Labute approximate surface area is 927 Å². The predicted octanol–water partition coefficient (Wildman–Crippen LogP) is 39.1. The lowest BCUT2D eigenvalue weighted by atomic mass is 9.91. The molecule has 0 aromatic heterocycles. The second-order valence-corrected chi connectivity index (χ2v) is 48.9. The van der Waals surface area contributed by atoms with Gasteiger partial charge in [-0.05, 0) is 107 Å². The van der Waals surface area contributed by atoms with Crippen LogP contribution in [0.1, 0.15) is 657 Å². The second kappa shape index (κ2) is 98.2. The van der Waals surface area contributed by atoms with Gasteiger partial charge in [0.1, 0.15) is 31.0 Å². The van der Waals surface area contributed by atoms with Gasteiger partial charge in [-0.15, -0.1) is 0 Å². The first-order valence-electron chi connectivity index (χ1n) is 65.4. The molecule has 3 N–H and O–H groups in total. The molecule has 2 aliphatic heterocycles. The number of esters is 5. The number of unbranched alkanes of at least 4 members (excludes halogenated alkanes) is 70. The summed E-state index contributed by atoms with van der Waals surface area (Å²) in [6.45, 7) is 34.2. The fourth-order valence-corrected chi connectivity index (χ4v) is 23.4. The number of hydrogen-bond acceptors (Lipinski definition) is 16. The van der Waals surface area contributed by atoms with Crippen molar-refractivity contribution in [2.24, 2.45) is 47.3 Å².